The molecule has 0 aromatic carbocycles. The van der Waals surface area contributed by atoms with E-state index in [1.165, 1.54) is 29.2 Å². The lowest BCUT2D eigenvalue weighted by molar-refractivity contribution is 0.343. The average molecular weight is 237 g/mol. The molecule has 2 aliphatic rings. The summed E-state index contributed by atoms with van der Waals surface area (Å²) in [6.45, 7) is 1.13. The minimum atomic E-state index is 0.392. The van der Waals surface area contributed by atoms with Crippen LogP contribution in [0.2, 0.25) is 0 Å². The van der Waals surface area contributed by atoms with Crippen molar-refractivity contribution in [2.75, 3.05) is 18.1 Å². The number of aromatic nitrogens is 2. The second kappa shape index (κ2) is 4.22. The summed E-state index contributed by atoms with van der Waals surface area (Å²) in [6, 6.07) is 0. The van der Waals surface area contributed by atoms with Crippen molar-refractivity contribution < 1.29 is 4.74 Å². The van der Waals surface area contributed by atoms with Gasteiger partial charge in [-0.1, -0.05) is 0 Å². The first-order valence-corrected chi connectivity index (χ1v) is 6.84. The van der Waals surface area contributed by atoms with Gasteiger partial charge in [0.2, 0.25) is 5.88 Å². The van der Waals surface area contributed by atoms with E-state index >= 15 is 0 Å². The quantitative estimate of drug-likeness (QED) is 0.834. The van der Waals surface area contributed by atoms with Crippen molar-refractivity contribution in [1.29, 1.82) is 0 Å². The summed E-state index contributed by atoms with van der Waals surface area (Å²) in [5.74, 6) is 4.49. The van der Waals surface area contributed by atoms with E-state index in [2.05, 4.69) is 9.97 Å². The normalized spacial score (nSPS) is 23.2. The molecule has 4 nitrogen and oxygen atoms in total. The molecule has 5 heteroatoms. The summed E-state index contributed by atoms with van der Waals surface area (Å²) in [7, 11) is 0. The second-order valence-corrected chi connectivity index (χ2v) is 5.32. The Balaban J connectivity index is 2.04. The number of nitrogens with two attached hydrogens (primary N) is 1. The molecule has 1 saturated heterocycles. The zero-order valence-corrected chi connectivity index (χ0v) is 9.92. The van der Waals surface area contributed by atoms with Gasteiger partial charge >= 0.3 is 0 Å². The highest BCUT2D eigenvalue weighted by Gasteiger charge is 2.27. The van der Waals surface area contributed by atoms with Gasteiger partial charge in [0.05, 0.1) is 18.8 Å². The van der Waals surface area contributed by atoms with Crippen molar-refractivity contribution in [3.05, 3.63) is 17.1 Å². The molecule has 1 aromatic heterocycles. The van der Waals surface area contributed by atoms with Gasteiger partial charge in [0, 0.05) is 23.7 Å². The van der Waals surface area contributed by atoms with Gasteiger partial charge in [0.15, 0.2) is 0 Å². The van der Waals surface area contributed by atoms with E-state index in [9.17, 15) is 0 Å². The van der Waals surface area contributed by atoms with Crippen LogP contribution in [0.15, 0.2) is 0 Å². The van der Waals surface area contributed by atoms with Crippen molar-refractivity contribution in [2.45, 2.75) is 25.3 Å². The van der Waals surface area contributed by atoms with E-state index in [1.54, 1.807) is 0 Å². The SMILES string of the molecule is NCc1nc2c(c(C3CCSC3)n1)CCO2. The molecule has 0 radical (unpaired) electrons. The number of nitrogens with zero attached hydrogens (tertiary/aromatic N) is 2. The lowest BCUT2D eigenvalue weighted by atomic mass is 9.99. The molecule has 0 spiro atoms. The maximum atomic E-state index is 5.63. The topological polar surface area (TPSA) is 61.0 Å². The predicted molar refractivity (Wildman–Crippen MR) is 63.8 cm³/mol. The van der Waals surface area contributed by atoms with Crippen molar-refractivity contribution in [2.24, 2.45) is 5.73 Å². The number of rotatable bonds is 2. The largest absolute Gasteiger partial charge is 0.477 e. The van der Waals surface area contributed by atoms with Crippen LogP contribution in [-0.2, 0) is 13.0 Å². The molecule has 1 atom stereocenters. The molecular formula is C11H15N3OS. The van der Waals surface area contributed by atoms with Gasteiger partial charge < -0.3 is 10.5 Å². The fourth-order valence-corrected chi connectivity index (χ4v) is 3.54. The average Bonchev–Trinajstić information content (AvgIpc) is 2.98. The van der Waals surface area contributed by atoms with Gasteiger partial charge in [-0.05, 0) is 12.2 Å². The molecule has 3 rings (SSSR count). The van der Waals surface area contributed by atoms with Crippen LogP contribution in [0.3, 0.4) is 0 Å². The maximum absolute atomic E-state index is 5.63. The monoisotopic (exact) mass is 237 g/mol. The first kappa shape index (κ1) is 10.4. The van der Waals surface area contributed by atoms with Crippen molar-refractivity contribution in [3.8, 4) is 5.88 Å². The van der Waals surface area contributed by atoms with Crippen molar-refractivity contribution >= 4 is 11.8 Å². The first-order valence-electron chi connectivity index (χ1n) is 5.69. The summed E-state index contributed by atoms with van der Waals surface area (Å²) in [5.41, 5.74) is 8.05. The Bertz CT molecular complexity index is 404. The Kier molecular flexibility index (Phi) is 2.73. The van der Waals surface area contributed by atoms with Crippen LogP contribution in [0.5, 0.6) is 5.88 Å². The summed E-state index contributed by atoms with van der Waals surface area (Å²) < 4.78 is 5.53. The van der Waals surface area contributed by atoms with Crippen LogP contribution in [0.25, 0.3) is 0 Å². The summed E-state index contributed by atoms with van der Waals surface area (Å²) in [5, 5.41) is 0. The number of hydrogen-bond donors (Lipinski definition) is 1. The fourth-order valence-electron chi connectivity index (χ4n) is 2.31. The second-order valence-electron chi connectivity index (χ2n) is 4.17. The molecular weight excluding hydrogens is 222 g/mol. The molecule has 0 saturated carbocycles. The Morgan fingerprint density at radius 1 is 1.44 bits per heavy atom. The third-order valence-corrected chi connectivity index (χ3v) is 4.30. The third kappa shape index (κ3) is 1.68. The highest BCUT2D eigenvalue weighted by molar-refractivity contribution is 7.99. The van der Waals surface area contributed by atoms with Gasteiger partial charge in [-0.15, -0.1) is 0 Å². The molecule has 86 valence electrons. The number of hydrogen-bond acceptors (Lipinski definition) is 5. The molecule has 1 aromatic rings. The number of fused-ring (bicyclic) bond motifs is 1. The van der Waals surface area contributed by atoms with E-state index < -0.39 is 0 Å². The van der Waals surface area contributed by atoms with E-state index in [-0.39, 0.29) is 0 Å². The lowest BCUT2D eigenvalue weighted by Gasteiger charge is -2.12. The predicted octanol–water partition coefficient (Wildman–Crippen LogP) is 1.09. The molecule has 1 unspecified atom stereocenters. The Morgan fingerprint density at radius 2 is 2.38 bits per heavy atom. The van der Waals surface area contributed by atoms with E-state index in [0.29, 0.717) is 18.3 Å². The van der Waals surface area contributed by atoms with Crippen LogP contribution < -0.4 is 10.5 Å². The Morgan fingerprint density at radius 3 is 3.12 bits per heavy atom. The molecule has 2 N–H and O–H groups in total. The molecule has 0 aliphatic carbocycles. The fraction of sp³-hybridized carbons (Fsp3) is 0.636. The number of thioether (sulfide) groups is 1. The van der Waals surface area contributed by atoms with Crippen LogP contribution in [0.1, 0.15) is 29.4 Å². The van der Waals surface area contributed by atoms with Crippen LogP contribution in [-0.4, -0.2) is 28.1 Å². The summed E-state index contributed by atoms with van der Waals surface area (Å²) in [6.07, 6.45) is 2.18. The van der Waals surface area contributed by atoms with Crippen LogP contribution >= 0.6 is 11.8 Å². The summed E-state index contributed by atoms with van der Waals surface area (Å²) >= 11 is 2.00. The van der Waals surface area contributed by atoms with Crippen molar-refractivity contribution in [1.82, 2.24) is 9.97 Å². The number of ether oxygens (including phenoxy) is 1. The zero-order valence-electron chi connectivity index (χ0n) is 9.11. The van der Waals surface area contributed by atoms with Gasteiger partial charge in [0.25, 0.3) is 0 Å². The lowest BCUT2D eigenvalue weighted by Crippen LogP contribution is -2.11. The zero-order chi connectivity index (χ0) is 11.0. The first-order chi connectivity index (χ1) is 7.88. The van der Waals surface area contributed by atoms with E-state index in [0.717, 1.165) is 18.9 Å². The molecule has 0 bridgehead atoms. The molecule has 3 heterocycles. The molecule has 16 heavy (non-hydrogen) atoms. The molecule has 0 amide bonds. The van der Waals surface area contributed by atoms with Crippen molar-refractivity contribution in [3.63, 3.8) is 0 Å². The summed E-state index contributed by atoms with van der Waals surface area (Å²) in [4.78, 5) is 8.95. The van der Waals surface area contributed by atoms with Gasteiger partial charge in [-0.3, -0.25) is 0 Å². The molecule has 2 aliphatic heterocycles. The minimum Gasteiger partial charge on any atom is -0.477 e. The van der Waals surface area contributed by atoms with E-state index in [1.807, 2.05) is 11.8 Å². The van der Waals surface area contributed by atoms with E-state index in [4.69, 9.17) is 10.5 Å². The van der Waals surface area contributed by atoms with Crippen LogP contribution in [0.4, 0.5) is 0 Å². The van der Waals surface area contributed by atoms with Gasteiger partial charge in [-0.2, -0.15) is 16.7 Å². The smallest absolute Gasteiger partial charge is 0.220 e. The Labute approximate surface area is 99.0 Å². The maximum Gasteiger partial charge on any atom is 0.220 e. The molecule has 1 fully saturated rings. The standard InChI is InChI=1S/C11H15N3OS/c12-5-9-13-10(7-2-4-16-6-7)8-1-3-15-11(8)14-9/h7H,1-6,12H2. The highest BCUT2D eigenvalue weighted by Crippen LogP contribution is 2.37. The Hall–Kier alpha value is -0.810. The van der Waals surface area contributed by atoms with Gasteiger partial charge in [0.1, 0.15) is 5.82 Å². The highest BCUT2D eigenvalue weighted by atomic mass is 32.2. The van der Waals surface area contributed by atoms with Gasteiger partial charge in [-0.25, -0.2) is 4.98 Å². The van der Waals surface area contributed by atoms with Crippen LogP contribution in [0, 0.1) is 0 Å². The minimum absolute atomic E-state index is 0.392. The third-order valence-electron chi connectivity index (χ3n) is 3.14.